The summed E-state index contributed by atoms with van der Waals surface area (Å²) in [7, 11) is 0.578. The molecule has 1 aromatic rings. The van der Waals surface area contributed by atoms with Gasteiger partial charge in [-0.15, -0.1) is 0 Å². The van der Waals surface area contributed by atoms with Crippen molar-refractivity contribution in [3.63, 3.8) is 0 Å². The predicted molar refractivity (Wildman–Crippen MR) is 92.9 cm³/mol. The van der Waals surface area contributed by atoms with E-state index in [4.69, 9.17) is 4.18 Å². The van der Waals surface area contributed by atoms with Crippen molar-refractivity contribution in [3.8, 4) is 0 Å². The van der Waals surface area contributed by atoms with E-state index in [-0.39, 0.29) is 11.0 Å². The summed E-state index contributed by atoms with van der Waals surface area (Å²) in [5.41, 5.74) is 0. The predicted octanol–water partition coefficient (Wildman–Crippen LogP) is 2.32. The van der Waals surface area contributed by atoms with Crippen molar-refractivity contribution in [1.29, 1.82) is 0 Å². The van der Waals surface area contributed by atoms with E-state index in [9.17, 15) is 8.42 Å². The maximum atomic E-state index is 12.3. The van der Waals surface area contributed by atoms with Gasteiger partial charge in [-0.2, -0.15) is 8.42 Å². The Labute approximate surface area is 146 Å². The van der Waals surface area contributed by atoms with Crippen LogP contribution in [0.3, 0.4) is 0 Å². The lowest BCUT2D eigenvalue weighted by Crippen LogP contribution is -2.48. The standard InChI is InChI=1S/C16H23BrN2O3S/c1-18(2)13-7-8-19(11-13)14-9-15(10-14)22-23(20,21)16-5-3-12(17)4-6-16/h3-6,13-15H,7-11H2,1-2H3. The average molecular weight is 403 g/mol. The van der Waals surface area contributed by atoms with Crippen LogP contribution in [0.25, 0.3) is 0 Å². The quantitative estimate of drug-likeness (QED) is 0.707. The van der Waals surface area contributed by atoms with E-state index in [0.717, 1.165) is 30.4 Å². The molecule has 0 radical (unpaired) electrons. The van der Waals surface area contributed by atoms with Crippen LogP contribution in [0.4, 0.5) is 0 Å². The summed E-state index contributed by atoms with van der Waals surface area (Å²) in [6, 6.07) is 7.64. The Bertz CT molecular complexity index is 642. The van der Waals surface area contributed by atoms with Crippen molar-refractivity contribution >= 4 is 26.0 Å². The van der Waals surface area contributed by atoms with Gasteiger partial charge < -0.3 is 4.90 Å². The van der Waals surface area contributed by atoms with Crippen LogP contribution in [0.1, 0.15) is 19.3 Å². The molecule has 3 rings (SSSR count). The Balaban J connectivity index is 1.51. The molecular weight excluding hydrogens is 380 g/mol. The lowest BCUT2D eigenvalue weighted by atomic mass is 9.88. The molecule has 128 valence electrons. The number of likely N-dealkylation sites (tertiary alicyclic amines) is 1. The molecule has 1 saturated carbocycles. The zero-order valence-corrected chi connectivity index (χ0v) is 15.9. The molecule has 0 N–H and O–H groups in total. The summed E-state index contributed by atoms with van der Waals surface area (Å²) in [6.07, 6.45) is 2.60. The van der Waals surface area contributed by atoms with Crippen LogP contribution < -0.4 is 0 Å². The van der Waals surface area contributed by atoms with Crippen LogP contribution in [0.5, 0.6) is 0 Å². The van der Waals surface area contributed by atoms with Gasteiger partial charge in [0.15, 0.2) is 0 Å². The van der Waals surface area contributed by atoms with Gasteiger partial charge in [-0.1, -0.05) is 15.9 Å². The second-order valence-electron chi connectivity index (χ2n) is 6.65. The van der Waals surface area contributed by atoms with Gasteiger partial charge in [0, 0.05) is 29.6 Å². The van der Waals surface area contributed by atoms with Crippen molar-refractivity contribution in [2.75, 3.05) is 27.2 Å². The number of hydrogen-bond acceptors (Lipinski definition) is 5. The van der Waals surface area contributed by atoms with Gasteiger partial charge in [-0.3, -0.25) is 9.08 Å². The molecule has 1 atom stereocenters. The lowest BCUT2D eigenvalue weighted by Gasteiger charge is -2.40. The molecule has 5 nitrogen and oxygen atoms in total. The van der Waals surface area contributed by atoms with E-state index in [1.54, 1.807) is 24.3 Å². The number of likely N-dealkylation sites (N-methyl/N-ethyl adjacent to an activating group) is 1. The summed E-state index contributed by atoms with van der Waals surface area (Å²) >= 11 is 3.30. The van der Waals surface area contributed by atoms with Crippen LogP contribution in [-0.2, 0) is 14.3 Å². The van der Waals surface area contributed by atoms with Crippen LogP contribution in [0.2, 0.25) is 0 Å². The fourth-order valence-electron chi connectivity index (χ4n) is 3.27. The molecule has 23 heavy (non-hydrogen) atoms. The van der Waals surface area contributed by atoms with Gasteiger partial charge in [0.2, 0.25) is 0 Å². The highest BCUT2D eigenvalue weighted by Gasteiger charge is 2.40. The third kappa shape index (κ3) is 3.96. The fraction of sp³-hybridized carbons (Fsp3) is 0.625. The van der Waals surface area contributed by atoms with E-state index in [0.29, 0.717) is 12.1 Å². The van der Waals surface area contributed by atoms with Gasteiger partial charge in [-0.05, 0) is 57.6 Å². The Morgan fingerprint density at radius 2 is 1.87 bits per heavy atom. The first-order valence-electron chi connectivity index (χ1n) is 7.94. The normalized spacial score (nSPS) is 29.0. The third-order valence-electron chi connectivity index (χ3n) is 4.88. The Kier molecular flexibility index (Phi) is 5.13. The molecule has 2 aliphatic rings. The highest BCUT2D eigenvalue weighted by atomic mass is 79.9. The first-order valence-corrected chi connectivity index (χ1v) is 10.1. The number of halogens is 1. The van der Waals surface area contributed by atoms with E-state index in [1.807, 2.05) is 0 Å². The molecule has 0 aromatic heterocycles. The van der Waals surface area contributed by atoms with Gasteiger partial charge in [-0.25, -0.2) is 0 Å². The van der Waals surface area contributed by atoms with Crippen molar-refractivity contribution in [3.05, 3.63) is 28.7 Å². The molecule has 1 unspecified atom stereocenters. The van der Waals surface area contributed by atoms with Gasteiger partial charge in [0.25, 0.3) is 10.1 Å². The summed E-state index contributed by atoms with van der Waals surface area (Å²) in [5, 5.41) is 0. The zero-order valence-electron chi connectivity index (χ0n) is 13.5. The highest BCUT2D eigenvalue weighted by molar-refractivity contribution is 9.10. The topological polar surface area (TPSA) is 49.9 Å². The Hall–Kier alpha value is -0.470. The van der Waals surface area contributed by atoms with Crippen LogP contribution in [0.15, 0.2) is 33.6 Å². The monoisotopic (exact) mass is 402 g/mol. The zero-order chi connectivity index (χ0) is 16.6. The van der Waals surface area contributed by atoms with Crippen molar-refractivity contribution in [1.82, 2.24) is 9.80 Å². The number of hydrogen-bond donors (Lipinski definition) is 0. The van der Waals surface area contributed by atoms with Crippen LogP contribution >= 0.6 is 15.9 Å². The van der Waals surface area contributed by atoms with Crippen LogP contribution in [0, 0.1) is 0 Å². The summed E-state index contributed by atoms with van der Waals surface area (Å²) < 4.78 is 30.8. The number of benzene rings is 1. The van der Waals surface area contributed by atoms with E-state index in [1.165, 1.54) is 6.42 Å². The largest absolute Gasteiger partial charge is 0.305 e. The molecule has 0 spiro atoms. The van der Waals surface area contributed by atoms with E-state index < -0.39 is 10.1 Å². The highest BCUT2D eigenvalue weighted by Crippen LogP contribution is 2.33. The Morgan fingerprint density at radius 3 is 2.43 bits per heavy atom. The SMILES string of the molecule is CN(C)C1CCN(C2CC(OS(=O)(=O)c3ccc(Br)cc3)C2)C1. The maximum Gasteiger partial charge on any atom is 0.297 e. The fourth-order valence-corrected chi connectivity index (χ4v) is 4.63. The van der Waals surface area contributed by atoms with E-state index >= 15 is 0 Å². The summed E-state index contributed by atoms with van der Waals surface area (Å²) in [6.45, 7) is 2.17. The number of rotatable bonds is 5. The molecule has 1 heterocycles. The van der Waals surface area contributed by atoms with Crippen molar-refractivity contribution < 1.29 is 12.6 Å². The maximum absolute atomic E-state index is 12.3. The van der Waals surface area contributed by atoms with Crippen LogP contribution in [-0.4, -0.2) is 63.6 Å². The molecule has 1 aliphatic carbocycles. The molecule has 0 bridgehead atoms. The Morgan fingerprint density at radius 1 is 1.22 bits per heavy atom. The minimum absolute atomic E-state index is 0.188. The molecule has 1 aliphatic heterocycles. The first-order chi connectivity index (χ1) is 10.8. The van der Waals surface area contributed by atoms with Crippen molar-refractivity contribution in [2.45, 2.75) is 42.3 Å². The van der Waals surface area contributed by atoms with Crippen molar-refractivity contribution in [2.24, 2.45) is 0 Å². The molecule has 7 heteroatoms. The smallest absolute Gasteiger partial charge is 0.297 e. The molecule has 2 fully saturated rings. The molecule has 0 amide bonds. The molecule has 1 saturated heterocycles. The average Bonchev–Trinajstić information content (AvgIpc) is 2.92. The second-order valence-corrected chi connectivity index (χ2v) is 9.14. The molecule has 1 aromatic carbocycles. The minimum Gasteiger partial charge on any atom is -0.305 e. The number of nitrogens with zero attached hydrogens (tertiary/aromatic N) is 2. The second kappa shape index (κ2) is 6.80. The summed E-state index contributed by atoms with van der Waals surface area (Å²) in [4.78, 5) is 4.96. The lowest BCUT2D eigenvalue weighted by molar-refractivity contribution is 0.0298. The molecular formula is C16H23BrN2O3S. The summed E-state index contributed by atoms with van der Waals surface area (Å²) in [5.74, 6) is 0. The van der Waals surface area contributed by atoms with Gasteiger partial charge in [0.1, 0.15) is 0 Å². The van der Waals surface area contributed by atoms with Gasteiger partial charge in [0.05, 0.1) is 11.0 Å². The third-order valence-corrected chi connectivity index (χ3v) is 6.78. The van der Waals surface area contributed by atoms with Gasteiger partial charge >= 0.3 is 0 Å². The van der Waals surface area contributed by atoms with E-state index in [2.05, 4.69) is 39.8 Å². The minimum atomic E-state index is -3.66. The first kappa shape index (κ1) is 17.4.